The van der Waals surface area contributed by atoms with Gasteiger partial charge in [0.2, 0.25) is 0 Å². The average molecular weight is 328 g/mol. The van der Waals surface area contributed by atoms with E-state index in [1.54, 1.807) is 19.1 Å². The fourth-order valence-electron chi connectivity index (χ4n) is 2.21. The van der Waals surface area contributed by atoms with Crippen LogP contribution in [0.4, 0.5) is 11.4 Å². The Kier molecular flexibility index (Phi) is 5.52. The Bertz CT molecular complexity index is 756. The molecule has 0 heterocycles. The number of ether oxygens (including phenoxy) is 1. The molecule has 0 saturated heterocycles. The van der Waals surface area contributed by atoms with Gasteiger partial charge in [0.25, 0.3) is 5.91 Å². The Labute approximate surface area is 140 Å². The monoisotopic (exact) mass is 328 g/mol. The fraction of sp³-hybridized carbons (Fsp3) is 0.278. The number of anilines is 1. The van der Waals surface area contributed by atoms with E-state index in [4.69, 9.17) is 4.74 Å². The van der Waals surface area contributed by atoms with Crippen LogP contribution in [-0.4, -0.2) is 17.4 Å². The van der Waals surface area contributed by atoms with Crippen molar-refractivity contribution < 1.29 is 14.5 Å². The minimum Gasteiger partial charge on any atom is -0.477 e. The molecule has 0 saturated carbocycles. The van der Waals surface area contributed by atoms with Gasteiger partial charge in [0.15, 0.2) is 12.4 Å². The smallest absolute Gasteiger partial charge is 0.311 e. The van der Waals surface area contributed by atoms with E-state index in [1.807, 2.05) is 18.2 Å². The molecule has 0 unspecified atom stereocenters. The summed E-state index contributed by atoms with van der Waals surface area (Å²) >= 11 is 0. The van der Waals surface area contributed by atoms with Crippen molar-refractivity contribution in [2.24, 2.45) is 0 Å². The number of amides is 1. The van der Waals surface area contributed by atoms with Gasteiger partial charge >= 0.3 is 5.69 Å². The van der Waals surface area contributed by atoms with Gasteiger partial charge in [-0.15, -0.1) is 0 Å². The minimum atomic E-state index is -0.521. The van der Waals surface area contributed by atoms with Crippen LogP contribution in [0.1, 0.15) is 30.9 Å². The first kappa shape index (κ1) is 17.5. The van der Waals surface area contributed by atoms with Gasteiger partial charge in [-0.1, -0.05) is 32.0 Å². The Morgan fingerprint density at radius 3 is 2.67 bits per heavy atom. The lowest BCUT2D eigenvalue weighted by molar-refractivity contribution is -0.385. The third kappa shape index (κ3) is 4.55. The zero-order chi connectivity index (χ0) is 17.7. The molecule has 0 radical (unpaired) electrons. The fourth-order valence-corrected chi connectivity index (χ4v) is 2.21. The summed E-state index contributed by atoms with van der Waals surface area (Å²) in [6.07, 6.45) is 0. The molecule has 0 aliphatic rings. The predicted molar refractivity (Wildman–Crippen MR) is 92.5 cm³/mol. The van der Waals surface area contributed by atoms with Crippen molar-refractivity contribution in [3.05, 3.63) is 63.7 Å². The molecule has 1 amide bonds. The minimum absolute atomic E-state index is 0.0803. The lowest BCUT2D eigenvalue weighted by Gasteiger charge is -2.10. The van der Waals surface area contributed by atoms with Crippen LogP contribution in [0.3, 0.4) is 0 Å². The molecule has 126 valence electrons. The van der Waals surface area contributed by atoms with Crippen molar-refractivity contribution in [3.63, 3.8) is 0 Å². The number of nitrogens with zero attached hydrogens (tertiary/aromatic N) is 1. The van der Waals surface area contributed by atoms with Gasteiger partial charge in [-0.25, -0.2) is 0 Å². The highest BCUT2D eigenvalue weighted by Gasteiger charge is 2.16. The van der Waals surface area contributed by atoms with Crippen LogP contribution in [0.5, 0.6) is 5.75 Å². The van der Waals surface area contributed by atoms with Gasteiger partial charge < -0.3 is 10.1 Å². The summed E-state index contributed by atoms with van der Waals surface area (Å²) in [5.41, 5.74) is 2.39. The number of nitrogens with one attached hydrogen (secondary N) is 1. The molecule has 0 aromatic heterocycles. The van der Waals surface area contributed by atoms with Gasteiger partial charge in [0.1, 0.15) is 0 Å². The molecule has 0 fully saturated rings. The first-order chi connectivity index (χ1) is 11.4. The lowest BCUT2D eigenvalue weighted by atomic mass is 10.0. The molecule has 0 spiro atoms. The van der Waals surface area contributed by atoms with Crippen LogP contribution in [0.15, 0.2) is 42.5 Å². The summed E-state index contributed by atoms with van der Waals surface area (Å²) in [4.78, 5) is 22.5. The summed E-state index contributed by atoms with van der Waals surface area (Å²) < 4.78 is 5.31. The molecule has 0 bridgehead atoms. The molecule has 6 heteroatoms. The molecule has 0 atom stereocenters. The van der Waals surface area contributed by atoms with E-state index in [1.165, 1.54) is 12.1 Å². The van der Waals surface area contributed by atoms with E-state index in [2.05, 4.69) is 19.2 Å². The molecule has 2 rings (SSSR count). The van der Waals surface area contributed by atoms with Crippen molar-refractivity contribution >= 4 is 17.3 Å². The van der Waals surface area contributed by atoms with Gasteiger partial charge in [-0.2, -0.15) is 0 Å². The zero-order valence-electron chi connectivity index (χ0n) is 13.9. The quantitative estimate of drug-likeness (QED) is 0.641. The summed E-state index contributed by atoms with van der Waals surface area (Å²) in [5, 5.41) is 13.8. The second kappa shape index (κ2) is 7.59. The SMILES string of the molecule is Cc1ccc(OCC(=O)Nc2cccc(C(C)C)c2)c([N+](=O)[O-])c1. The number of hydrogen-bond donors (Lipinski definition) is 1. The Hall–Kier alpha value is -2.89. The largest absolute Gasteiger partial charge is 0.477 e. The van der Waals surface area contributed by atoms with E-state index >= 15 is 0 Å². The molecule has 1 N–H and O–H groups in total. The first-order valence-corrected chi connectivity index (χ1v) is 7.64. The molecular weight excluding hydrogens is 308 g/mol. The van der Waals surface area contributed by atoms with Crippen LogP contribution >= 0.6 is 0 Å². The topological polar surface area (TPSA) is 81.5 Å². The third-order valence-corrected chi connectivity index (χ3v) is 3.51. The molecule has 0 aliphatic carbocycles. The highest BCUT2D eigenvalue weighted by atomic mass is 16.6. The number of carbonyl (C=O) groups excluding carboxylic acids is 1. The summed E-state index contributed by atoms with van der Waals surface area (Å²) in [5.74, 6) is 0.0655. The number of benzene rings is 2. The van der Waals surface area contributed by atoms with Crippen molar-refractivity contribution in [1.29, 1.82) is 0 Å². The number of hydrogen-bond acceptors (Lipinski definition) is 4. The second-order valence-electron chi connectivity index (χ2n) is 5.85. The highest BCUT2D eigenvalue weighted by molar-refractivity contribution is 5.92. The average Bonchev–Trinajstić information content (AvgIpc) is 2.53. The molecule has 0 aliphatic heterocycles. The van der Waals surface area contributed by atoms with Crippen LogP contribution in [0, 0.1) is 17.0 Å². The third-order valence-electron chi connectivity index (χ3n) is 3.51. The van der Waals surface area contributed by atoms with E-state index in [0.717, 1.165) is 11.1 Å². The van der Waals surface area contributed by atoms with Gasteiger partial charge in [-0.05, 0) is 42.2 Å². The first-order valence-electron chi connectivity index (χ1n) is 7.64. The van der Waals surface area contributed by atoms with Gasteiger partial charge in [-0.3, -0.25) is 14.9 Å². The Morgan fingerprint density at radius 1 is 1.25 bits per heavy atom. The zero-order valence-corrected chi connectivity index (χ0v) is 13.9. The van der Waals surface area contributed by atoms with Crippen LogP contribution in [0.25, 0.3) is 0 Å². The van der Waals surface area contributed by atoms with E-state index in [9.17, 15) is 14.9 Å². The van der Waals surface area contributed by atoms with Crippen molar-refractivity contribution in [2.75, 3.05) is 11.9 Å². The number of aryl methyl sites for hydroxylation is 1. The summed E-state index contributed by atoms with van der Waals surface area (Å²) in [7, 11) is 0. The maximum atomic E-state index is 12.0. The summed E-state index contributed by atoms with van der Waals surface area (Å²) in [6, 6.07) is 12.2. The molecule has 2 aromatic carbocycles. The van der Waals surface area contributed by atoms with Gasteiger partial charge in [0.05, 0.1) is 4.92 Å². The van der Waals surface area contributed by atoms with Gasteiger partial charge in [0, 0.05) is 11.8 Å². The number of nitro groups is 1. The van der Waals surface area contributed by atoms with Crippen LogP contribution in [0.2, 0.25) is 0 Å². The maximum absolute atomic E-state index is 12.0. The normalized spacial score (nSPS) is 10.5. The molecular formula is C18H20N2O4. The highest BCUT2D eigenvalue weighted by Crippen LogP contribution is 2.27. The van der Waals surface area contributed by atoms with Crippen LogP contribution < -0.4 is 10.1 Å². The second-order valence-corrected chi connectivity index (χ2v) is 5.85. The van der Waals surface area contributed by atoms with Crippen molar-refractivity contribution in [1.82, 2.24) is 0 Å². The molecule has 24 heavy (non-hydrogen) atoms. The van der Waals surface area contributed by atoms with E-state index < -0.39 is 4.92 Å². The van der Waals surface area contributed by atoms with Crippen molar-refractivity contribution in [2.45, 2.75) is 26.7 Å². The Morgan fingerprint density at radius 2 is 2.00 bits per heavy atom. The van der Waals surface area contributed by atoms with Crippen LogP contribution in [-0.2, 0) is 4.79 Å². The lowest BCUT2D eigenvalue weighted by Crippen LogP contribution is -2.20. The van der Waals surface area contributed by atoms with Crippen molar-refractivity contribution in [3.8, 4) is 5.75 Å². The van der Waals surface area contributed by atoms with E-state index in [0.29, 0.717) is 11.6 Å². The number of carbonyl (C=O) groups is 1. The molecule has 2 aromatic rings. The standard InChI is InChI=1S/C18H20N2O4/c1-12(2)14-5-4-6-15(10-14)19-18(21)11-24-17-8-7-13(3)9-16(17)20(22)23/h4-10,12H,11H2,1-3H3,(H,19,21). The number of rotatable bonds is 6. The Balaban J connectivity index is 2.01. The maximum Gasteiger partial charge on any atom is 0.311 e. The molecule has 6 nitrogen and oxygen atoms in total. The predicted octanol–water partition coefficient (Wildman–Crippen LogP) is 4.04. The summed E-state index contributed by atoms with van der Waals surface area (Å²) in [6.45, 7) is 5.60. The van der Waals surface area contributed by atoms with E-state index in [-0.39, 0.29) is 24.0 Å². The number of nitro benzene ring substituents is 1.